The number of nitrogens with zero attached hydrogens (tertiary/aromatic N) is 2. The molecule has 1 N–H and O–H groups in total. The average Bonchev–Trinajstić information content (AvgIpc) is 2.67. The summed E-state index contributed by atoms with van der Waals surface area (Å²) in [6.45, 7) is 4.10. The van der Waals surface area contributed by atoms with E-state index in [9.17, 15) is 4.79 Å². The Bertz CT molecular complexity index is 1000. The summed E-state index contributed by atoms with van der Waals surface area (Å²) in [5, 5.41) is 5.98. The molecular formula is C21H21N3O2S. The van der Waals surface area contributed by atoms with Crippen LogP contribution in [0.5, 0.6) is 5.75 Å². The van der Waals surface area contributed by atoms with Crippen LogP contribution in [-0.4, -0.2) is 30.0 Å². The smallest absolute Gasteiger partial charge is 0.250 e. The lowest BCUT2D eigenvalue weighted by molar-refractivity contribution is -0.118. The summed E-state index contributed by atoms with van der Waals surface area (Å²) in [6.07, 6.45) is 1.57. The topological polar surface area (TPSA) is 63.6 Å². The number of ether oxygens (including phenoxy) is 1. The molecule has 0 radical (unpaired) electrons. The largest absolute Gasteiger partial charge is 0.496 e. The van der Waals surface area contributed by atoms with Crippen molar-refractivity contribution in [2.24, 2.45) is 5.10 Å². The molecule has 3 rings (SSSR count). The molecular weight excluding hydrogens is 358 g/mol. The number of para-hydroxylation sites is 2. The van der Waals surface area contributed by atoms with Crippen molar-refractivity contribution in [1.82, 2.24) is 10.4 Å². The van der Waals surface area contributed by atoms with Crippen LogP contribution in [-0.2, 0) is 4.79 Å². The van der Waals surface area contributed by atoms with Gasteiger partial charge in [0.15, 0.2) is 0 Å². The zero-order valence-corrected chi connectivity index (χ0v) is 16.3. The highest BCUT2D eigenvalue weighted by molar-refractivity contribution is 7.99. The van der Waals surface area contributed by atoms with Gasteiger partial charge in [0.25, 0.3) is 0 Å². The van der Waals surface area contributed by atoms with Gasteiger partial charge in [0.2, 0.25) is 5.91 Å². The van der Waals surface area contributed by atoms with Gasteiger partial charge in [0.05, 0.1) is 29.6 Å². The molecule has 1 amide bonds. The molecule has 2 aromatic carbocycles. The summed E-state index contributed by atoms with van der Waals surface area (Å²) in [5.41, 5.74) is 6.61. The number of hydrazone groups is 1. The Morgan fingerprint density at radius 1 is 1.19 bits per heavy atom. The van der Waals surface area contributed by atoms with Crippen LogP contribution in [0.4, 0.5) is 0 Å². The van der Waals surface area contributed by atoms with E-state index in [4.69, 9.17) is 4.74 Å². The third-order valence-corrected chi connectivity index (χ3v) is 5.02. The van der Waals surface area contributed by atoms with E-state index in [1.165, 1.54) is 11.8 Å². The van der Waals surface area contributed by atoms with Crippen molar-refractivity contribution in [2.45, 2.75) is 18.9 Å². The second kappa shape index (κ2) is 8.68. The first-order valence-corrected chi connectivity index (χ1v) is 9.51. The molecule has 6 heteroatoms. The van der Waals surface area contributed by atoms with Crippen molar-refractivity contribution in [1.29, 1.82) is 0 Å². The van der Waals surface area contributed by atoms with Gasteiger partial charge in [0, 0.05) is 10.9 Å². The van der Waals surface area contributed by atoms with Gasteiger partial charge in [-0.05, 0) is 43.2 Å². The third-order valence-electron chi connectivity index (χ3n) is 4.11. The fourth-order valence-corrected chi connectivity index (χ4v) is 3.48. The number of fused-ring (bicyclic) bond motifs is 1. The monoisotopic (exact) mass is 379 g/mol. The number of thioether (sulfide) groups is 1. The molecule has 0 saturated heterocycles. The number of aromatic nitrogens is 1. The van der Waals surface area contributed by atoms with Crippen molar-refractivity contribution in [3.8, 4) is 5.75 Å². The van der Waals surface area contributed by atoms with Crippen molar-refractivity contribution < 1.29 is 9.53 Å². The van der Waals surface area contributed by atoms with E-state index in [0.29, 0.717) is 5.75 Å². The van der Waals surface area contributed by atoms with Crippen LogP contribution in [0.15, 0.2) is 58.7 Å². The van der Waals surface area contributed by atoms with Crippen LogP contribution in [0.3, 0.4) is 0 Å². The number of nitrogens with one attached hydrogen (secondary N) is 1. The van der Waals surface area contributed by atoms with Crippen LogP contribution in [0, 0.1) is 13.8 Å². The zero-order chi connectivity index (χ0) is 19.2. The fraction of sp³-hybridized carbons (Fsp3) is 0.190. The maximum absolute atomic E-state index is 12.1. The first-order chi connectivity index (χ1) is 13.1. The second-order valence-corrected chi connectivity index (χ2v) is 7.07. The molecule has 0 saturated carbocycles. The normalized spacial score (nSPS) is 11.1. The number of rotatable bonds is 6. The first-order valence-electron chi connectivity index (χ1n) is 8.53. The number of hydrogen-bond donors (Lipinski definition) is 1. The maximum Gasteiger partial charge on any atom is 0.250 e. The molecule has 0 unspecified atom stereocenters. The van der Waals surface area contributed by atoms with Gasteiger partial charge in [-0.15, -0.1) is 0 Å². The van der Waals surface area contributed by atoms with E-state index >= 15 is 0 Å². The zero-order valence-electron chi connectivity index (χ0n) is 15.5. The molecule has 5 nitrogen and oxygen atoms in total. The van der Waals surface area contributed by atoms with Crippen LogP contribution >= 0.6 is 11.8 Å². The van der Waals surface area contributed by atoms with Crippen LogP contribution in [0.25, 0.3) is 10.9 Å². The molecule has 0 aliphatic carbocycles. The molecule has 0 atom stereocenters. The number of carbonyl (C=O) groups excluding carboxylic acids is 1. The van der Waals surface area contributed by atoms with Crippen molar-refractivity contribution in [3.05, 3.63) is 65.2 Å². The molecule has 138 valence electrons. The third kappa shape index (κ3) is 4.65. The molecule has 0 fully saturated rings. The minimum absolute atomic E-state index is 0.185. The van der Waals surface area contributed by atoms with E-state index < -0.39 is 0 Å². The number of benzene rings is 2. The van der Waals surface area contributed by atoms with Gasteiger partial charge in [-0.3, -0.25) is 4.79 Å². The minimum atomic E-state index is -0.185. The van der Waals surface area contributed by atoms with Crippen LogP contribution in [0.2, 0.25) is 0 Å². The predicted octanol–water partition coefficient (Wildman–Crippen LogP) is 4.10. The highest BCUT2D eigenvalue weighted by Crippen LogP contribution is 2.25. The second-order valence-electron chi connectivity index (χ2n) is 6.07. The Hall–Kier alpha value is -2.86. The summed E-state index contributed by atoms with van der Waals surface area (Å²) >= 11 is 1.40. The van der Waals surface area contributed by atoms with Crippen LogP contribution in [0.1, 0.15) is 16.7 Å². The molecule has 1 heterocycles. The highest BCUT2D eigenvalue weighted by atomic mass is 32.2. The Morgan fingerprint density at radius 2 is 2.00 bits per heavy atom. The Balaban J connectivity index is 1.62. The summed E-state index contributed by atoms with van der Waals surface area (Å²) in [6, 6.07) is 15.6. The number of pyridine rings is 1. The van der Waals surface area contributed by atoms with E-state index in [2.05, 4.69) is 28.5 Å². The number of amides is 1. The fourth-order valence-electron chi connectivity index (χ4n) is 2.72. The molecule has 0 spiro atoms. The van der Waals surface area contributed by atoms with Crippen molar-refractivity contribution >= 4 is 34.8 Å². The molecule has 0 aliphatic heterocycles. The summed E-state index contributed by atoms with van der Waals surface area (Å²) in [4.78, 5) is 16.8. The number of methoxy groups -OCH3 is 1. The Kier molecular flexibility index (Phi) is 6.08. The van der Waals surface area contributed by atoms with Crippen molar-refractivity contribution in [2.75, 3.05) is 12.9 Å². The summed E-state index contributed by atoms with van der Waals surface area (Å²) in [7, 11) is 1.60. The van der Waals surface area contributed by atoms with Gasteiger partial charge in [-0.25, -0.2) is 10.4 Å². The van der Waals surface area contributed by atoms with Gasteiger partial charge in [-0.2, -0.15) is 5.10 Å². The highest BCUT2D eigenvalue weighted by Gasteiger charge is 2.08. The van der Waals surface area contributed by atoms with E-state index in [-0.39, 0.29) is 11.7 Å². The number of hydrogen-bond acceptors (Lipinski definition) is 5. The van der Waals surface area contributed by atoms with Gasteiger partial charge < -0.3 is 4.74 Å². The van der Waals surface area contributed by atoms with E-state index in [1.807, 2.05) is 49.4 Å². The lowest BCUT2D eigenvalue weighted by Gasteiger charge is -2.08. The minimum Gasteiger partial charge on any atom is -0.496 e. The molecule has 1 aromatic heterocycles. The summed E-state index contributed by atoms with van der Waals surface area (Å²) in [5.74, 6) is 0.763. The SMILES string of the molecule is COc1ccccc1C=NNC(=O)CSc1cc(C)c2cccc(C)c2n1. The molecule has 0 aliphatic rings. The lowest BCUT2D eigenvalue weighted by Crippen LogP contribution is -2.19. The number of carbonyl (C=O) groups is 1. The lowest BCUT2D eigenvalue weighted by atomic mass is 10.1. The van der Waals surface area contributed by atoms with E-state index in [0.717, 1.165) is 32.6 Å². The van der Waals surface area contributed by atoms with Crippen molar-refractivity contribution in [3.63, 3.8) is 0 Å². The summed E-state index contributed by atoms with van der Waals surface area (Å²) < 4.78 is 5.25. The van der Waals surface area contributed by atoms with E-state index in [1.54, 1.807) is 13.3 Å². The maximum atomic E-state index is 12.1. The quantitative estimate of drug-likeness (QED) is 0.398. The number of aryl methyl sites for hydroxylation is 2. The first kappa shape index (κ1) is 18.9. The predicted molar refractivity (Wildman–Crippen MR) is 111 cm³/mol. The van der Waals surface area contributed by atoms with Gasteiger partial charge in [-0.1, -0.05) is 42.1 Å². The standard InChI is InChI=1S/C21H21N3O2S/c1-14-7-6-9-17-15(2)11-20(23-21(14)17)27-13-19(25)24-22-12-16-8-4-5-10-18(16)26-3/h4-12H,13H2,1-3H3,(H,24,25). The molecule has 0 bridgehead atoms. The Morgan fingerprint density at radius 3 is 2.81 bits per heavy atom. The average molecular weight is 379 g/mol. The van der Waals surface area contributed by atoms with Crippen LogP contribution < -0.4 is 10.2 Å². The van der Waals surface area contributed by atoms with Gasteiger partial charge >= 0.3 is 0 Å². The van der Waals surface area contributed by atoms with Gasteiger partial charge in [0.1, 0.15) is 5.75 Å². The molecule has 3 aromatic rings. The Labute approximate surface area is 162 Å². The molecule has 27 heavy (non-hydrogen) atoms.